The third-order valence-electron chi connectivity index (χ3n) is 4.30. The van der Waals surface area contributed by atoms with Gasteiger partial charge in [0.25, 0.3) is 0 Å². The highest BCUT2D eigenvalue weighted by Gasteiger charge is 2.15. The van der Waals surface area contributed by atoms with Crippen molar-refractivity contribution in [2.24, 2.45) is 0 Å². The third-order valence-corrected chi connectivity index (χ3v) is 4.30. The summed E-state index contributed by atoms with van der Waals surface area (Å²) < 4.78 is 1.89. The van der Waals surface area contributed by atoms with E-state index in [-0.39, 0.29) is 6.03 Å². The molecule has 0 saturated heterocycles. The van der Waals surface area contributed by atoms with Gasteiger partial charge in [-0.3, -0.25) is 0 Å². The van der Waals surface area contributed by atoms with Gasteiger partial charge in [0.1, 0.15) is 0 Å². The van der Waals surface area contributed by atoms with Gasteiger partial charge >= 0.3 is 6.03 Å². The van der Waals surface area contributed by atoms with Gasteiger partial charge in [-0.2, -0.15) is 5.10 Å². The molecule has 5 heteroatoms. The van der Waals surface area contributed by atoms with Crippen molar-refractivity contribution in [2.75, 3.05) is 5.32 Å². The van der Waals surface area contributed by atoms with Crippen LogP contribution in [0.5, 0.6) is 0 Å². The van der Waals surface area contributed by atoms with Gasteiger partial charge in [0, 0.05) is 17.4 Å². The Labute approximate surface area is 137 Å². The van der Waals surface area contributed by atoms with Crippen molar-refractivity contribution in [3.8, 4) is 5.69 Å². The van der Waals surface area contributed by atoms with Crippen LogP contribution in [0.25, 0.3) is 5.69 Å². The monoisotopic (exact) mass is 312 g/mol. The van der Waals surface area contributed by atoms with Crippen molar-refractivity contribution < 1.29 is 4.79 Å². The quantitative estimate of drug-likeness (QED) is 0.901. The molecule has 0 bridgehead atoms. The zero-order chi connectivity index (χ0) is 16.2. The van der Waals surface area contributed by atoms with Crippen LogP contribution in [0.2, 0.25) is 0 Å². The zero-order valence-electron chi connectivity index (χ0n) is 13.8. The van der Waals surface area contributed by atoms with Crippen LogP contribution in [0.15, 0.2) is 30.3 Å². The van der Waals surface area contributed by atoms with E-state index in [1.54, 1.807) is 0 Å². The highest BCUT2D eigenvalue weighted by atomic mass is 16.2. The Bertz CT molecular complexity index is 686. The van der Waals surface area contributed by atoms with Crippen LogP contribution in [0.3, 0.4) is 0 Å². The molecule has 1 heterocycles. The molecule has 23 heavy (non-hydrogen) atoms. The predicted molar refractivity (Wildman–Crippen MR) is 92.1 cm³/mol. The summed E-state index contributed by atoms with van der Waals surface area (Å²) in [5.41, 5.74) is 3.79. The molecule has 1 aromatic carbocycles. The topological polar surface area (TPSA) is 59.0 Å². The summed E-state index contributed by atoms with van der Waals surface area (Å²) in [6.45, 7) is 4.00. The summed E-state index contributed by atoms with van der Waals surface area (Å²) in [5.74, 6) is 0. The fourth-order valence-electron chi connectivity index (χ4n) is 3.21. The molecule has 3 rings (SSSR count). The third kappa shape index (κ3) is 3.92. The molecule has 0 atom stereocenters. The lowest BCUT2D eigenvalue weighted by molar-refractivity contribution is 0.244. The number of aryl methyl sites for hydroxylation is 2. The molecule has 5 nitrogen and oxygen atoms in total. The summed E-state index contributed by atoms with van der Waals surface area (Å²) in [5, 5.41) is 10.5. The van der Waals surface area contributed by atoms with Crippen LogP contribution in [-0.4, -0.2) is 21.9 Å². The molecule has 0 radical (unpaired) electrons. The van der Waals surface area contributed by atoms with Crippen LogP contribution < -0.4 is 10.6 Å². The molecule has 122 valence electrons. The van der Waals surface area contributed by atoms with Crippen molar-refractivity contribution in [1.82, 2.24) is 15.1 Å². The highest BCUT2D eigenvalue weighted by Crippen LogP contribution is 2.19. The van der Waals surface area contributed by atoms with E-state index in [1.807, 2.05) is 48.9 Å². The van der Waals surface area contributed by atoms with Gasteiger partial charge in [0.05, 0.1) is 11.4 Å². The molecule has 1 aliphatic carbocycles. The van der Waals surface area contributed by atoms with Gasteiger partial charge in [-0.15, -0.1) is 0 Å². The van der Waals surface area contributed by atoms with Gasteiger partial charge in [-0.25, -0.2) is 9.48 Å². The highest BCUT2D eigenvalue weighted by molar-refractivity contribution is 5.89. The molecule has 1 aromatic heterocycles. The summed E-state index contributed by atoms with van der Waals surface area (Å²) in [4.78, 5) is 12.2. The number of nitrogens with zero attached hydrogens (tertiary/aromatic N) is 2. The number of benzene rings is 1. The van der Waals surface area contributed by atoms with E-state index >= 15 is 0 Å². The summed E-state index contributed by atoms with van der Waals surface area (Å²) in [7, 11) is 0. The fraction of sp³-hybridized carbons (Fsp3) is 0.444. The van der Waals surface area contributed by atoms with E-state index in [4.69, 9.17) is 0 Å². The molecule has 2 amide bonds. The van der Waals surface area contributed by atoms with Gasteiger partial charge in [-0.05, 0) is 51.0 Å². The average molecular weight is 312 g/mol. The van der Waals surface area contributed by atoms with Crippen molar-refractivity contribution in [2.45, 2.75) is 52.0 Å². The predicted octanol–water partition coefficient (Wildman–Crippen LogP) is 3.94. The number of hydrogen-bond donors (Lipinski definition) is 2. The molecule has 0 unspecified atom stereocenters. The maximum atomic E-state index is 12.2. The Hall–Kier alpha value is -2.30. The molecule has 0 spiro atoms. The maximum Gasteiger partial charge on any atom is 0.319 e. The van der Waals surface area contributed by atoms with Crippen molar-refractivity contribution in [1.29, 1.82) is 0 Å². The standard InChI is InChI=1S/C18H24N4O/c1-13-11-14(2)22(21-13)17-10-6-9-16(12-17)20-18(23)19-15-7-4-3-5-8-15/h6,9-12,15H,3-5,7-8H2,1-2H3,(H2,19,20,23). The molecule has 2 aromatic rings. The van der Waals surface area contributed by atoms with Crippen molar-refractivity contribution in [3.63, 3.8) is 0 Å². The smallest absolute Gasteiger partial charge is 0.319 e. The Kier molecular flexibility index (Phi) is 4.65. The number of urea groups is 1. The molecular weight excluding hydrogens is 288 g/mol. The Morgan fingerprint density at radius 1 is 1.17 bits per heavy atom. The number of aromatic nitrogens is 2. The average Bonchev–Trinajstić information content (AvgIpc) is 2.87. The fourth-order valence-corrected chi connectivity index (χ4v) is 3.21. The number of hydrogen-bond acceptors (Lipinski definition) is 2. The maximum absolute atomic E-state index is 12.2. The lowest BCUT2D eigenvalue weighted by Crippen LogP contribution is -2.39. The van der Waals surface area contributed by atoms with E-state index in [2.05, 4.69) is 15.7 Å². The lowest BCUT2D eigenvalue weighted by atomic mass is 9.96. The van der Waals surface area contributed by atoms with E-state index in [0.29, 0.717) is 6.04 Å². The minimum atomic E-state index is -0.123. The number of carbonyl (C=O) groups excluding carboxylic acids is 1. The number of anilines is 1. The van der Waals surface area contributed by atoms with E-state index in [0.717, 1.165) is 35.6 Å². The minimum Gasteiger partial charge on any atom is -0.335 e. The zero-order valence-corrected chi connectivity index (χ0v) is 13.8. The number of nitrogens with one attached hydrogen (secondary N) is 2. The second-order valence-electron chi connectivity index (χ2n) is 6.32. The first kappa shape index (κ1) is 15.6. The Balaban J connectivity index is 1.67. The first-order valence-corrected chi connectivity index (χ1v) is 8.33. The lowest BCUT2D eigenvalue weighted by Gasteiger charge is -2.22. The van der Waals surface area contributed by atoms with Gasteiger partial charge in [-0.1, -0.05) is 25.3 Å². The van der Waals surface area contributed by atoms with Crippen molar-refractivity contribution in [3.05, 3.63) is 41.7 Å². The number of carbonyl (C=O) groups is 1. The van der Waals surface area contributed by atoms with Crippen LogP contribution in [0, 0.1) is 13.8 Å². The molecule has 1 saturated carbocycles. The summed E-state index contributed by atoms with van der Waals surface area (Å²) in [6.07, 6.45) is 5.86. The SMILES string of the molecule is Cc1cc(C)n(-c2cccc(NC(=O)NC3CCCCC3)c2)n1. The molecular formula is C18H24N4O. The van der Waals surface area contributed by atoms with Crippen molar-refractivity contribution >= 4 is 11.7 Å². The van der Waals surface area contributed by atoms with Gasteiger partial charge in [0.15, 0.2) is 0 Å². The second kappa shape index (κ2) is 6.86. The molecule has 2 N–H and O–H groups in total. The summed E-state index contributed by atoms with van der Waals surface area (Å²) >= 11 is 0. The Morgan fingerprint density at radius 2 is 1.96 bits per heavy atom. The second-order valence-corrected chi connectivity index (χ2v) is 6.32. The van der Waals surface area contributed by atoms with Crippen LogP contribution >= 0.6 is 0 Å². The van der Waals surface area contributed by atoms with Gasteiger partial charge in [0.2, 0.25) is 0 Å². The van der Waals surface area contributed by atoms with Crippen LogP contribution in [0.4, 0.5) is 10.5 Å². The molecule has 1 fully saturated rings. The van der Waals surface area contributed by atoms with Gasteiger partial charge < -0.3 is 10.6 Å². The number of rotatable bonds is 3. The largest absolute Gasteiger partial charge is 0.335 e. The van der Waals surface area contributed by atoms with Crippen LogP contribution in [0.1, 0.15) is 43.5 Å². The summed E-state index contributed by atoms with van der Waals surface area (Å²) in [6, 6.07) is 9.99. The van der Waals surface area contributed by atoms with E-state index < -0.39 is 0 Å². The first-order chi connectivity index (χ1) is 11.1. The minimum absolute atomic E-state index is 0.123. The Morgan fingerprint density at radius 3 is 2.65 bits per heavy atom. The van der Waals surface area contributed by atoms with E-state index in [1.165, 1.54) is 19.3 Å². The normalized spacial score (nSPS) is 15.4. The van der Waals surface area contributed by atoms with Crippen LogP contribution in [-0.2, 0) is 0 Å². The molecule has 0 aliphatic heterocycles. The van der Waals surface area contributed by atoms with E-state index in [9.17, 15) is 4.79 Å². The number of amides is 2. The molecule has 1 aliphatic rings. The first-order valence-electron chi connectivity index (χ1n) is 8.33.